The predicted molar refractivity (Wildman–Crippen MR) is 110 cm³/mol. The van der Waals surface area contributed by atoms with Crippen molar-refractivity contribution in [3.8, 4) is 0 Å². The SMILES string of the molecule is CS(=O)(=O)CC[C@H](NC(=O)[C@@H](N)CCCCN)C(=O)N[C@@H](CCCCN)C(=O)O. The monoisotopic (exact) mass is 437 g/mol. The highest BCUT2D eigenvalue weighted by molar-refractivity contribution is 7.90. The molecule has 0 aromatic carbocycles. The summed E-state index contributed by atoms with van der Waals surface area (Å²) in [5, 5.41) is 14.1. The van der Waals surface area contributed by atoms with Crippen LogP contribution in [0.4, 0.5) is 0 Å². The van der Waals surface area contributed by atoms with Crippen molar-refractivity contribution < 1.29 is 27.9 Å². The van der Waals surface area contributed by atoms with Gasteiger partial charge in [-0.1, -0.05) is 6.42 Å². The molecular formula is C17H35N5O6S. The van der Waals surface area contributed by atoms with Gasteiger partial charge in [0.1, 0.15) is 21.9 Å². The Bertz CT molecular complexity index is 628. The summed E-state index contributed by atoms with van der Waals surface area (Å²) in [6, 6.07) is -3.26. The van der Waals surface area contributed by atoms with Crippen LogP contribution in [0.25, 0.3) is 0 Å². The molecule has 0 aromatic heterocycles. The van der Waals surface area contributed by atoms with Crippen molar-refractivity contribution in [2.75, 3.05) is 25.1 Å². The van der Waals surface area contributed by atoms with Crippen molar-refractivity contribution in [2.45, 2.75) is 63.1 Å². The van der Waals surface area contributed by atoms with Crippen LogP contribution in [0.2, 0.25) is 0 Å². The molecule has 0 rings (SSSR count). The Hall–Kier alpha value is -1.76. The van der Waals surface area contributed by atoms with Crippen molar-refractivity contribution in [3.63, 3.8) is 0 Å². The number of hydrogen-bond donors (Lipinski definition) is 6. The first kappa shape index (κ1) is 27.2. The summed E-state index contributed by atoms with van der Waals surface area (Å²) < 4.78 is 22.9. The van der Waals surface area contributed by atoms with E-state index in [2.05, 4.69) is 10.6 Å². The Kier molecular flexibility index (Phi) is 13.4. The molecule has 0 unspecified atom stereocenters. The maximum atomic E-state index is 12.6. The Morgan fingerprint density at radius 1 is 0.862 bits per heavy atom. The lowest BCUT2D eigenvalue weighted by Gasteiger charge is -2.23. The van der Waals surface area contributed by atoms with Gasteiger partial charge in [-0.2, -0.15) is 0 Å². The molecule has 12 heteroatoms. The van der Waals surface area contributed by atoms with Crippen molar-refractivity contribution in [3.05, 3.63) is 0 Å². The third kappa shape index (κ3) is 13.2. The molecular weight excluding hydrogens is 402 g/mol. The van der Waals surface area contributed by atoms with E-state index >= 15 is 0 Å². The van der Waals surface area contributed by atoms with Crippen LogP contribution in [0.15, 0.2) is 0 Å². The van der Waals surface area contributed by atoms with Gasteiger partial charge in [-0.05, 0) is 51.6 Å². The minimum absolute atomic E-state index is 0.170. The summed E-state index contributed by atoms with van der Waals surface area (Å²) in [4.78, 5) is 36.2. The van der Waals surface area contributed by atoms with Crippen LogP contribution in [0.3, 0.4) is 0 Å². The maximum Gasteiger partial charge on any atom is 0.326 e. The lowest BCUT2D eigenvalue weighted by molar-refractivity contribution is -0.142. The molecule has 0 saturated carbocycles. The van der Waals surface area contributed by atoms with E-state index in [1.807, 2.05) is 0 Å². The molecule has 0 spiro atoms. The van der Waals surface area contributed by atoms with Crippen molar-refractivity contribution in [1.29, 1.82) is 0 Å². The maximum absolute atomic E-state index is 12.6. The molecule has 0 aliphatic rings. The van der Waals surface area contributed by atoms with Crippen LogP contribution in [0, 0.1) is 0 Å². The van der Waals surface area contributed by atoms with Crippen LogP contribution in [0.1, 0.15) is 44.9 Å². The van der Waals surface area contributed by atoms with Crippen molar-refractivity contribution >= 4 is 27.6 Å². The molecule has 0 aromatic rings. The van der Waals surface area contributed by atoms with E-state index in [4.69, 9.17) is 17.2 Å². The molecule has 170 valence electrons. The van der Waals surface area contributed by atoms with Gasteiger partial charge in [-0.15, -0.1) is 0 Å². The van der Waals surface area contributed by atoms with Crippen molar-refractivity contribution in [1.82, 2.24) is 10.6 Å². The summed E-state index contributed by atoms with van der Waals surface area (Å²) in [6.07, 6.45) is 3.78. The Morgan fingerprint density at radius 2 is 1.38 bits per heavy atom. The third-order valence-corrected chi connectivity index (χ3v) is 5.26. The Labute approximate surface area is 172 Å². The topological polar surface area (TPSA) is 208 Å². The van der Waals surface area contributed by atoms with Crippen LogP contribution >= 0.6 is 0 Å². The highest BCUT2D eigenvalue weighted by Crippen LogP contribution is 2.05. The van der Waals surface area contributed by atoms with Crippen LogP contribution in [0.5, 0.6) is 0 Å². The van der Waals surface area contributed by atoms with E-state index in [0.29, 0.717) is 45.2 Å². The van der Waals surface area contributed by atoms with E-state index in [-0.39, 0.29) is 18.6 Å². The van der Waals surface area contributed by atoms with Gasteiger partial charge in [0.05, 0.1) is 11.8 Å². The smallest absolute Gasteiger partial charge is 0.326 e. The molecule has 0 bridgehead atoms. The molecule has 11 nitrogen and oxygen atoms in total. The largest absolute Gasteiger partial charge is 0.480 e. The number of aliphatic carboxylic acids is 1. The second kappa shape index (κ2) is 14.3. The average molecular weight is 438 g/mol. The molecule has 3 atom stereocenters. The van der Waals surface area contributed by atoms with Gasteiger partial charge >= 0.3 is 5.97 Å². The summed E-state index contributed by atoms with van der Waals surface area (Å²) in [7, 11) is -3.40. The minimum atomic E-state index is -3.40. The number of carbonyl (C=O) groups is 3. The minimum Gasteiger partial charge on any atom is -0.480 e. The lowest BCUT2D eigenvalue weighted by Crippen LogP contribution is -2.54. The molecule has 0 radical (unpaired) electrons. The zero-order valence-electron chi connectivity index (χ0n) is 16.9. The number of rotatable bonds is 16. The number of nitrogens with two attached hydrogens (primary N) is 3. The Balaban J connectivity index is 5.09. The molecule has 0 heterocycles. The zero-order chi connectivity index (χ0) is 22.4. The molecule has 0 aliphatic heterocycles. The number of carboxylic acids is 1. The summed E-state index contributed by atoms with van der Waals surface area (Å²) in [6.45, 7) is 0.865. The summed E-state index contributed by atoms with van der Waals surface area (Å²) in [5.74, 6) is -2.94. The fourth-order valence-electron chi connectivity index (χ4n) is 2.54. The number of amides is 2. The first-order valence-corrected chi connectivity index (χ1v) is 11.7. The van der Waals surface area contributed by atoms with E-state index in [0.717, 1.165) is 6.26 Å². The third-order valence-electron chi connectivity index (χ3n) is 4.28. The summed E-state index contributed by atoms with van der Waals surface area (Å²) in [5.41, 5.74) is 16.6. The van der Waals surface area contributed by atoms with Crippen LogP contribution in [-0.2, 0) is 24.2 Å². The molecule has 0 aliphatic carbocycles. The fraction of sp³-hybridized carbons (Fsp3) is 0.824. The van der Waals surface area contributed by atoms with Gasteiger partial charge in [-0.25, -0.2) is 13.2 Å². The molecule has 0 saturated heterocycles. The standard InChI is InChI=1S/C17H35N5O6S/c1-29(27,28)11-8-13(21-15(23)12(20)6-2-4-9-18)16(24)22-14(17(25)26)7-3-5-10-19/h12-14H,2-11,18-20H2,1H3,(H,21,23)(H,22,24)(H,25,26)/t12-,13-,14-/m0/s1. The van der Waals surface area contributed by atoms with Gasteiger partial charge in [-0.3, -0.25) is 9.59 Å². The normalized spacial score (nSPS) is 14.6. The quantitative estimate of drug-likeness (QED) is 0.148. The first-order chi connectivity index (χ1) is 13.5. The van der Waals surface area contributed by atoms with E-state index < -0.39 is 45.7 Å². The van der Waals surface area contributed by atoms with Gasteiger partial charge in [0, 0.05) is 6.26 Å². The van der Waals surface area contributed by atoms with Gasteiger partial charge in [0.2, 0.25) is 11.8 Å². The van der Waals surface area contributed by atoms with E-state index in [1.54, 1.807) is 0 Å². The number of carbonyl (C=O) groups excluding carboxylic acids is 2. The number of carboxylic acid groups (broad SMARTS) is 1. The molecule has 29 heavy (non-hydrogen) atoms. The molecule has 9 N–H and O–H groups in total. The van der Waals surface area contributed by atoms with Gasteiger partial charge in [0.15, 0.2) is 0 Å². The molecule has 0 fully saturated rings. The highest BCUT2D eigenvalue weighted by atomic mass is 32.2. The predicted octanol–water partition coefficient (Wildman–Crippen LogP) is -1.94. The summed E-state index contributed by atoms with van der Waals surface area (Å²) >= 11 is 0. The number of sulfone groups is 1. The lowest BCUT2D eigenvalue weighted by atomic mass is 10.1. The average Bonchev–Trinajstić information content (AvgIpc) is 2.63. The van der Waals surface area contributed by atoms with Crippen molar-refractivity contribution in [2.24, 2.45) is 17.2 Å². The fourth-order valence-corrected chi connectivity index (χ4v) is 3.21. The van der Waals surface area contributed by atoms with Crippen LogP contribution in [-0.4, -0.2) is 74.5 Å². The number of hydrogen-bond acceptors (Lipinski definition) is 8. The second-order valence-electron chi connectivity index (χ2n) is 7.05. The van der Waals surface area contributed by atoms with Gasteiger partial charge in [0.25, 0.3) is 0 Å². The second-order valence-corrected chi connectivity index (χ2v) is 9.31. The van der Waals surface area contributed by atoms with E-state index in [9.17, 15) is 27.9 Å². The van der Waals surface area contributed by atoms with Gasteiger partial charge < -0.3 is 32.9 Å². The zero-order valence-corrected chi connectivity index (χ0v) is 17.7. The van der Waals surface area contributed by atoms with Crippen LogP contribution < -0.4 is 27.8 Å². The number of nitrogens with one attached hydrogen (secondary N) is 2. The Morgan fingerprint density at radius 3 is 1.86 bits per heavy atom. The number of unbranched alkanes of at least 4 members (excludes halogenated alkanes) is 2. The highest BCUT2D eigenvalue weighted by Gasteiger charge is 2.28. The first-order valence-electron chi connectivity index (χ1n) is 9.68. The van der Waals surface area contributed by atoms with E-state index in [1.165, 1.54) is 0 Å². The molecule has 2 amide bonds.